The fourth-order valence-corrected chi connectivity index (χ4v) is 6.91. The normalized spacial score (nSPS) is 29.8. The number of β-amino-alcohol motifs (C(OH)–C–C–N with tert-alkyl or cyclic N) is 1. The van der Waals surface area contributed by atoms with Crippen LogP contribution in [0, 0.1) is 17.3 Å². The molecule has 196 valence electrons. The molecule has 3 fully saturated rings. The molecule has 35 heavy (non-hydrogen) atoms. The molecule has 3 aliphatic rings. The number of hydrogen-bond donors (Lipinski definition) is 1. The lowest BCUT2D eigenvalue weighted by Gasteiger charge is -2.45. The fraction of sp³-hybridized carbons (Fsp3) is 0.741. The maximum atomic E-state index is 14.4. The zero-order chi connectivity index (χ0) is 26.3. The first-order valence-electron chi connectivity index (χ1n) is 12.6. The van der Waals surface area contributed by atoms with E-state index in [1.165, 1.54) is 4.90 Å². The van der Waals surface area contributed by atoms with Crippen molar-refractivity contribution in [1.29, 1.82) is 0 Å². The molecule has 0 aromatic heterocycles. The number of carbonyl (C=O) groups excluding carboxylic acids is 3. The highest BCUT2D eigenvalue weighted by atomic mass is 16.5. The molecule has 1 spiro atoms. The largest absolute Gasteiger partial charge is 0.395 e. The van der Waals surface area contributed by atoms with E-state index in [-0.39, 0.29) is 36.3 Å². The summed E-state index contributed by atoms with van der Waals surface area (Å²) in [6, 6.07) is -0.890. The number of aliphatic hydroxyl groups is 1. The van der Waals surface area contributed by atoms with E-state index in [9.17, 15) is 19.5 Å². The highest BCUT2D eigenvalue weighted by Gasteiger charge is 2.75. The minimum Gasteiger partial charge on any atom is -0.395 e. The number of likely N-dealkylation sites (N-methyl/N-ethyl adjacent to an activating group) is 1. The van der Waals surface area contributed by atoms with Crippen molar-refractivity contribution >= 4 is 17.7 Å². The summed E-state index contributed by atoms with van der Waals surface area (Å²) in [5.74, 6) is -2.04. The predicted molar refractivity (Wildman–Crippen MR) is 134 cm³/mol. The maximum absolute atomic E-state index is 14.4. The monoisotopic (exact) mass is 489 g/mol. The van der Waals surface area contributed by atoms with Crippen molar-refractivity contribution in [3.63, 3.8) is 0 Å². The van der Waals surface area contributed by atoms with Crippen molar-refractivity contribution in [3.05, 3.63) is 25.3 Å². The fourth-order valence-electron chi connectivity index (χ4n) is 6.91. The Balaban J connectivity index is 2.04. The van der Waals surface area contributed by atoms with Gasteiger partial charge in [-0.15, -0.1) is 13.2 Å². The average molecular weight is 490 g/mol. The minimum atomic E-state index is -1.07. The topological polar surface area (TPSA) is 90.4 Å². The van der Waals surface area contributed by atoms with Gasteiger partial charge in [0.1, 0.15) is 11.6 Å². The Morgan fingerprint density at radius 3 is 2.34 bits per heavy atom. The van der Waals surface area contributed by atoms with Gasteiger partial charge in [0.2, 0.25) is 17.7 Å². The van der Waals surface area contributed by atoms with Gasteiger partial charge in [0, 0.05) is 32.2 Å². The Labute approximate surface area is 210 Å². The first kappa shape index (κ1) is 27.4. The number of carbonyl (C=O) groups is 3. The molecule has 5 atom stereocenters. The Morgan fingerprint density at radius 1 is 1.17 bits per heavy atom. The van der Waals surface area contributed by atoms with E-state index in [4.69, 9.17) is 4.74 Å². The molecule has 0 saturated carbocycles. The quantitative estimate of drug-likeness (QED) is 0.475. The van der Waals surface area contributed by atoms with Gasteiger partial charge in [-0.3, -0.25) is 14.4 Å². The molecule has 3 aliphatic heterocycles. The van der Waals surface area contributed by atoms with E-state index >= 15 is 0 Å². The summed E-state index contributed by atoms with van der Waals surface area (Å²) in [7, 11) is 1.69. The molecule has 0 radical (unpaired) electrons. The van der Waals surface area contributed by atoms with Crippen LogP contribution in [0.3, 0.4) is 0 Å². The zero-order valence-corrected chi connectivity index (χ0v) is 22.2. The number of ether oxygens (including phenoxy) is 1. The third-order valence-corrected chi connectivity index (χ3v) is 7.71. The number of nitrogens with zero attached hydrogens (tertiary/aromatic N) is 3. The van der Waals surface area contributed by atoms with Gasteiger partial charge in [0.25, 0.3) is 0 Å². The molecule has 0 aliphatic carbocycles. The number of hydrogen-bond acceptors (Lipinski definition) is 5. The molecule has 0 aromatic rings. The van der Waals surface area contributed by atoms with E-state index in [2.05, 4.69) is 33.9 Å². The van der Waals surface area contributed by atoms with Gasteiger partial charge in [-0.1, -0.05) is 32.9 Å². The van der Waals surface area contributed by atoms with Crippen molar-refractivity contribution in [3.8, 4) is 0 Å². The predicted octanol–water partition coefficient (Wildman–Crippen LogP) is 2.23. The minimum absolute atomic E-state index is 0.0204. The summed E-state index contributed by atoms with van der Waals surface area (Å²) >= 11 is 0. The van der Waals surface area contributed by atoms with Crippen LogP contribution in [0.4, 0.5) is 0 Å². The molecule has 2 bridgehead atoms. The van der Waals surface area contributed by atoms with Crippen molar-refractivity contribution in [2.45, 2.75) is 77.2 Å². The van der Waals surface area contributed by atoms with Gasteiger partial charge in [0.15, 0.2) is 0 Å². The van der Waals surface area contributed by atoms with Crippen LogP contribution in [0.5, 0.6) is 0 Å². The molecule has 2 unspecified atom stereocenters. The zero-order valence-electron chi connectivity index (χ0n) is 22.2. The molecule has 8 nitrogen and oxygen atoms in total. The van der Waals surface area contributed by atoms with Gasteiger partial charge in [-0.25, -0.2) is 0 Å². The summed E-state index contributed by atoms with van der Waals surface area (Å²) in [5, 5.41) is 9.80. The summed E-state index contributed by atoms with van der Waals surface area (Å²) in [4.78, 5) is 46.3. The molecule has 3 amide bonds. The van der Waals surface area contributed by atoms with Crippen molar-refractivity contribution in [2.24, 2.45) is 17.3 Å². The van der Waals surface area contributed by atoms with Crippen LogP contribution in [0.15, 0.2) is 25.3 Å². The van der Waals surface area contributed by atoms with E-state index in [1.54, 1.807) is 29.0 Å². The third-order valence-electron chi connectivity index (χ3n) is 7.71. The molecule has 1 N–H and O–H groups in total. The van der Waals surface area contributed by atoms with Gasteiger partial charge < -0.3 is 24.5 Å². The summed E-state index contributed by atoms with van der Waals surface area (Å²) < 4.78 is 6.48. The summed E-state index contributed by atoms with van der Waals surface area (Å²) in [6.45, 7) is 18.5. The lowest BCUT2D eigenvalue weighted by molar-refractivity contribution is -0.153. The Morgan fingerprint density at radius 2 is 1.80 bits per heavy atom. The van der Waals surface area contributed by atoms with Crippen molar-refractivity contribution < 1.29 is 24.2 Å². The lowest BCUT2D eigenvalue weighted by atomic mass is 9.70. The second-order valence-corrected chi connectivity index (χ2v) is 12.1. The van der Waals surface area contributed by atoms with Crippen LogP contribution in [0.25, 0.3) is 0 Å². The van der Waals surface area contributed by atoms with Crippen molar-refractivity contribution in [1.82, 2.24) is 14.7 Å². The Bertz CT molecular complexity index is 879. The number of likely N-dealkylation sites (tertiary alicyclic amines) is 1. The number of amides is 3. The van der Waals surface area contributed by atoms with E-state index < -0.39 is 35.1 Å². The van der Waals surface area contributed by atoms with Crippen molar-refractivity contribution in [2.75, 3.05) is 33.3 Å². The number of rotatable bonds is 10. The van der Waals surface area contributed by atoms with E-state index in [0.29, 0.717) is 25.9 Å². The van der Waals surface area contributed by atoms with Crippen LogP contribution in [0.1, 0.15) is 53.9 Å². The van der Waals surface area contributed by atoms with E-state index in [0.717, 1.165) is 6.42 Å². The van der Waals surface area contributed by atoms with E-state index in [1.807, 2.05) is 13.8 Å². The molecular weight excluding hydrogens is 446 g/mol. The van der Waals surface area contributed by atoms with Crippen LogP contribution < -0.4 is 0 Å². The van der Waals surface area contributed by atoms with Gasteiger partial charge in [-0.05, 0) is 38.5 Å². The van der Waals surface area contributed by atoms with Crippen LogP contribution in [-0.4, -0.2) is 94.1 Å². The van der Waals surface area contributed by atoms with Crippen LogP contribution in [0.2, 0.25) is 0 Å². The van der Waals surface area contributed by atoms with Crippen LogP contribution >= 0.6 is 0 Å². The average Bonchev–Trinajstić information content (AvgIpc) is 3.37. The molecular formula is C27H43N3O5. The smallest absolute Gasteiger partial charge is 0.249 e. The molecule has 3 saturated heterocycles. The molecule has 8 heteroatoms. The standard InChI is InChI=1S/C27H43N3O5/c1-9-13-28(8)22(32)19-18-11-12-27(35-18)20(19)23(33)29(15-16-31)21(27)24(34)30(14-10-2)26(6,7)17-25(3,4)5/h9-10,18-21,31H,1-2,11-17H2,3-8H3/t18-,19+,20-,21?,27?/m0/s1. The summed E-state index contributed by atoms with van der Waals surface area (Å²) in [6.07, 6.45) is 4.84. The number of fused-ring (bicyclic) bond motifs is 1. The summed E-state index contributed by atoms with van der Waals surface area (Å²) in [5.41, 5.74) is -1.61. The Kier molecular flexibility index (Phi) is 7.59. The third kappa shape index (κ3) is 4.67. The molecule has 3 rings (SSSR count). The Hall–Kier alpha value is -2.19. The highest BCUT2D eigenvalue weighted by molar-refractivity contribution is 5.99. The van der Waals surface area contributed by atoms with Gasteiger partial charge in [-0.2, -0.15) is 0 Å². The highest BCUT2D eigenvalue weighted by Crippen LogP contribution is 2.59. The molecule has 0 aromatic carbocycles. The second-order valence-electron chi connectivity index (χ2n) is 12.1. The molecule has 3 heterocycles. The van der Waals surface area contributed by atoms with Gasteiger partial charge in [0.05, 0.1) is 24.5 Å². The first-order valence-corrected chi connectivity index (χ1v) is 12.6. The van der Waals surface area contributed by atoms with Crippen LogP contribution in [-0.2, 0) is 19.1 Å². The number of aliphatic hydroxyl groups excluding tert-OH is 1. The second kappa shape index (κ2) is 9.69. The van der Waals surface area contributed by atoms with Gasteiger partial charge >= 0.3 is 0 Å². The SMILES string of the molecule is C=CCN(C)C(=O)[C@@H]1[C@@H]2CCC3(O2)C(C(=O)N(CC=C)C(C)(C)CC(C)(C)C)N(CCO)C(=O)[C@H]13. The lowest BCUT2D eigenvalue weighted by Crippen LogP contribution is -2.61. The maximum Gasteiger partial charge on any atom is 0.249 e. The first-order chi connectivity index (χ1) is 16.3.